The Morgan fingerprint density at radius 2 is 2.19 bits per heavy atom. The zero-order chi connectivity index (χ0) is 15.5. The lowest BCUT2D eigenvalue weighted by Crippen LogP contribution is -2.34. The van der Waals surface area contributed by atoms with Crippen molar-refractivity contribution >= 4 is 21.4 Å². The first-order valence-corrected chi connectivity index (χ1v) is 8.58. The lowest BCUT2D eigenvalue weighted by molar-refractivity contribution is 0.556. The van der Waals surface area contributed by atoms with Gasteiger partial charge in [0.25, 0.3) is 0 Å². The van der Waals surface area contributed by atoms with E-state index in [1.807, 2.05) is 16.8 Å². The molecule has 2 rings (SSSR count). The van der Waals surface area contributed by atoms with E-state index in [2.05, 4.69) is 4.72 Å². The fraction of sp³-hybridized carbons (Fsp3) is 0.214. The molecule has 0 aliphatic heterocycles. The van der Waals surface area contributed by atoms with Gasteiger partial charge in [-0.2, -0.15) is 16.6 Å². The van der Waals surface area contributed by atoms with Crippen LogP contribution in [0.4, 0.5) is 4.39 Å². The third-order valence-electron chi connectivity index (χ3n) is 2.86. The molecule has 1 aromatic carbocycles. The molecule has 1 N–H and O–H groups in total. The maximum absolute atomic E-state index is 13.5. The average molecular weight is 324 g/mol. The lowest BCUT2D eigenvalue weighted by Gasteiger charge is -2.14. The quantitative estimate of drug-likeness (QED) is 0.919. The molecule has 1 unspecified atom stereocenters. The van der Waals surface area contributed by atoms with Crippen molar-refractivity contribution in [3.05, 3.63) is 52.0 Å². The van der Waals surface area contributed by atoms with Crippen LogP contribution in [-0.4, -0.2) is 14.5 Å². The predicted octanol–water partition coefficient (Wildman–Crippen LogP) is 2.67. The van der Waals surface area contributed by atoms with E-state index in [1.165, 1.54) is 23.5 Å². The molecule has 0 saturated carbocycles. The van der Waals surface area contributed by atoms with E-state index in [0.717, 1.165) is 11.6 Å². The molecule has 0 amide bonds. The number of hydrogen-bond donors (Lipinski definition) is 1. The molecule has 0 fully saturated rings. The lowest BCUT2D eigenvalue weighted by atomic mass is 10.1. The van der Waals surface area contributed by atoms with Crippen LogP contribution < -0.4 is 4.72 Å². The standard InChI is InChI=1S/C14H13FN2O2S2/c1-10(7-11-5-6-20-9-11)17-21(18,19)14-4-2-3-13(15)12(14)8-16/h2-6,9-10,17H,7H2,1H3. The van der Waals surface area contributed by atoms with Crippen molar-refractivity contribution in [3.8, 4) is 6.07 Å². The Morgan fingerprint density at radius 1 is 1.43 bits per heavy atom. The Bertz CT molecular complexity index is 765. The molecule has 0 aliphatic rings. The first-order chi connectivity index (χ1) is 9.94. The highest BCUT2D eigenvalue weighted by atomic mass is 32.2. The van der Waals surface area contributed by atoms with E-state index in [-0.39, 0.29) is 10.9 Å². The molecule has 7 heteroatoms. The number of nitriles is 1. The second-order valence-electron chi connectivity index (χ2n) is 4.58. The van der Waals surface area contributed by atoms with Crippen molar-refractivity contribution in [3.63, 3.8) is 0 Å². The number of halogens is 1. The predicted molar refractivity (Wildman–Crippen MR) is 78.9 cm³/mol. The molecule has 0 bridgehead atoms. The maximum atomic E-state index is 13.5. The van der Waals surface area contributed by atoms with Crippen LogP contribution in [0.1, 0.15) is 18.1 Å². The third kappa shape index (κ3) is 3.67. The maximum Gasteiger partial charge on any atom is 0.242 e. The van der Waals surface area contributed by atoms with Gasteiger partial charge in [0.05, 0.1) is 0 Å². The van der Waals surface area contributed by atoms with Crippen molar-refractivity contribution in [1.29, 1.82) is 5.26 Å². The number of thiophene rings is 1. The number of nitrogens with one attached hydrogen (secondary N) is 1. The van der Waals surface area contributed by atoms with Gasteiger partial charge in [-0.05, 0) is 47.9 Å². The van der Waals surface area contributed by atoms with Crippen LogP contribution in [0.2, 0.25) is 0 Å². The summed E-state index contributed by atoms with van der Waals surface area (Å²) in [7, 11) is -3.94. The summed E-state index contributed by atoms with van der Waals surface area (Å²) >= 11 is 1.53. The summed E-state index contributed by atoms with van der Waals surface area (Å²) in [5, 5.41) is 12.8. The summed E-state index contributed by atoms with van der Waals surface area (Å²) in [6, 6.07) is 6.71. The summed E-state index contributed by atoms with van der Waals surface area (Å²) in [6.45, 7) is 1.72. The number of sulfonamides is 1. The summed E-state index contributed by atoms with van der Waals surface area (Å²) in [5.74, 6) is -0.842. The van der Waals surface area contributed by atoms with Crippen molar-refractivity contribution in [2.75, 3.05) is 0 Å². The van der Waals surface area contributed by atoms with Gasteiger partial charge in [0, 0.05) is 6.04 Å². The van der Waals surface area contributed by atoms with Gasteiger partial charge in [-0.1, -0.05) is 6.07 Å². The highest BCUT2D eigenvalue weighted by molar-refractivity contribution is 7.89. The van der Waals surface area contributed by atoms with E-state index in [1.54, 1.807) is 13.0 Å². The molecule has 21 heavy (non-hydrogen) atoms. The van der Waals surface area contributed by atoms with Gasteiger partial charge in [0.2, 0.25) is 10.0 Å². The molecule has 0 radical (unpaired) electrons. The number of benzene rings is 1. The van der Waals surface area contributed by atoms with Gasteiger partial charge in [0.1, 0.15) is 22.3 Å². The molecular weight excluding hydrogens is 311 g/mol. The Balaban J connectivity index is 2.23. The largest absolute Gasteiger partial charge is 0.242 e. The molecule has 0 saturated heterocycles. The zero-order valence-corrected chi connectivity index (χ0v) is 12.8. The summed E-state index contributed by atoms with van der Waals surface area (Å²) < 4.78 is 40.5. The van der Waals surface area contributed by atoms with Crippen molar-refractivity contribution in [1.82, 2.24) is 4.72 Å². The SMILES string of the molecule is CC(Cc1ccsc1)NS(=O)(=O)c1cccc(F)c1C#N. The van der Waals surface area contributed by atoms with E-state index < -0.39 is 21.4 Å². The molecule has 1 atom stereocenters. The Labute approximate surface area is 126 Å². The minimum atomic E-state index is -3.94. The second kappa shape index (κ2) is 6.35. The monoisotopic (exact) mass is 324 g/mol. The van der Waals surface area contributed by atoms with Crippen molar-refractivity contribution in [2.45, 2.75) is 24.3 Å². The Morgan fingerprint density at radius 3 is 2.81 bits per heavy atom. The fourth-order valence-corrected chi connectivity index (χ4v) is 4.06. The van der Waals surface area contributed by atoms with Crippen LogP contribution in [0.15, 0.2) is 39.9 Å². The van der Waals surface area contributed by atoms with Gasteiger partial charge in [0.15, 0.2) is 0 Å². The highest BCUT2D eigenvalue weighted by Crippen LogP contribution is 2.18. The van der Waals surface area contributed by atoms with Crippen LogP contribution in [-0.2, 0) is 16.4 Å². The van der Waals surface area contributed by atoms with E-state index in [0.29, 0.717) is 6.42 Å². The minimum Gasteiger partial charge on any atom is -0.208 e. The average Bonchev–Trinajstić information content (AvgIpc) is 2.90. The summed E-state index contributed by atoms with van der Waals surface area (Å²) in [4.78, 5) is -0.331. The number of hydrogen-bond acceptors (Lipinski definition) is 4. The van der Waals surface area contributed by atoms with E-state index >= 15 is 0 Å². The van der Waals surface area contributed by atoms with Gasteiger partial charge in [-0.25, -0.2) is 17.5 Å². The molecule has 0 spiro atoms. The summed E-state index contributed by atoms with van der Waals surface area (Å²) in [6.07, 6.45) is 0.528. The first kappa shape index (κ1) is 15.6. The van der Waals surface area contributed by atoms with Gasteiger partial charge in [-0.3, -0.25) is 0 Å². The number of nitrogens with zero attached hydrogens (tertiary/aromatic N) is 1. The molecular formula is C14H13FN2O2S2. The van der Waals surface area contributed by atoms with Crippen LogP contribution in [0.5, 0.6) is 0 Å². The number of rotatable bonds is 5. The van der Waals surface area contributed by atoms with Crippen LogP contribution in [0.25, 0.3) is 0 Å². The molecule has 1 aromatic heterocycles. The Hall–Kier alpha value is -1.75. The van der Waals surface area contributed by atoms with Crippen LogP contribution in [0.3, 0.4) is 0 Å². The fourth-order valence-electron chi connectivity index (χ4n) is 1.97. The molecule has 110 valence electrons. The molecule has 4 nitrogen and oxygen atoms in total. The molecule has 1 heterocycles. The summed E-state index contributed by atoms with van der Waals surface area (Å²) in [5.41, 5.74) is 0.558. The van der Waals surface area contributed by atoms with Gasteiger partial charge < -0.3 is 0 Å². The first-order valence-electron chi connectivity index (χ1n) is 6.16. The van der Waals surface area contributed by atoms with E-state index in [9.17, 15) is 12.8 Å². The highest BCUT2D eigenvalue weighted by Gasteiger charge is 2.23. The van der Waals surface area contributed by atoms with Crippen LogP contribution >= 0.6 is 11.3 Å². The van der Waals surface area contributed by atoms with Crippen molar-refractivity contribution < 1.29 is 12.8 Å². The van der Waals surface area contributed by atoms with E-state index in [4.69, 9.17) is 5.26 Å². The van der Waals surface area contributed by atoms with Crippen LogP contribution in [0, 0.1) is 17.1 Å². The second-order valence-corrected chi connectivity index (χ2v) is 7.05. The minimum absolute atomic E-state index is 0.331. The smallest absolute Gasteiger partial charge is 0.208 e. The normalized spacial score (nSPS) is 12.8. The van der Waals surface area contributed by atoms with Gasteiger partial charge in [-0.15, -0.1) is 0 Å². The molecule has 0 aliphatic carbocycles. The topological polar surface area (TPSA) is 70.0 Å². The molecule has 2 aromatic rings. The Kier molecular flexibility index (Phi) is 4.73. The third-order valence-corrected chi connectivity index (χ3v) is 5.22. The van der Waals surface area contributed by atoms with Gasteiger partial charge >= 0.3 is 0 Å². The van der Waals surface area contributed by atoms with Crippen molar-refractivity contribution in [2.24, 2.45) is 0 Å². The zero-order valence-electron chi connectivity index (χ0n) is 11.2.